The molecule has 174 valence electrons. The molecule has 0 unspecified atom stereocenters. The van der Waals surface area contributed by atoms with Gasteiger partial charge >= 0.3 is 0 Å². The van der Waals surface area contributed by atoms with Gasteiger partial charge in [0, 0.05) is 29.9 Å². The fourth-order valence-corrected chi connectivity index (χ4v) is 5.33. The standard InChI is InChI=1S/C26H21N5O2S2/c32-20(15-22-29-21(17-34-22)19-9-5-2-6-10-19)16-35-26-30-24-23(27-12-13-28-24)25(33)31(26)14-11-18-7-3-1-4-8-18/h1-10,12-13,17H,11,14-16H2. The highest BCUT2D eigenvalue weighted by Crippen LogP contribution is 2.23. The minimum absolute atomic E-state index is 0.0204. The minimum Gasteiger partial charge on any atom is -0.298 e. The number of aromatic nitrogens is 5. The Morgan fingerprint density at radius 1 is 0.943 bits per heavy atom. The normalized spacial score (nSPS) is 11.1. The predicted octanol–water partition coefficient (Wildman–Crippen LogP) is 4.46. The third-order valence-corrected chi connectivity index (χ3v) is 7.24. The minimum atomic E-state index is -0.249. The maximum atomic E-state index is 13.2. The van der Waals surface area contributed by atoms with E-state index in [-0.39, 0.29) is 34.7 Å². The highest BCUT2D eigenvalue weighted by atomic mass is 32.2. The number of aryl methyl sites for hydroxylation is 1. The molecule has 0 radical (unpaired) electrons. The second-order valence-corrected chi connectivity index (χ2v) is 9.70. The number of hydrogen-bond acceptors (Lipinski definition) is 8. The second-order valence-electron chi connectivity index (χ2n) is 7.81. The van der Waals surface area contributed by atoms with Gasteiger partial charge < -0.3 is 0 Å². The third kappa shape index (κ3) is 5.52. The molecular formula is C26H21N5O2S2. The highest BCUT2D eigenvalue weighted by Gasteiger charge is 2.16. The quantitative estimate of drug-likeness (QED) is 0.218. The molecule has 0 aliphatic rings. The van der Waals surface area contributed by atoms with Crippen LogP contribution < -0.4 is 5.56 Å². The molecule has 5 aromatic rings. The smallest absolute Gasteiger partial charge is 0.282 e. The van der Waals surface area contributed by atoms with Gasteiger partial charge in [0.2, 0.25) is 0 Å². The first-order valence-electron chi connectivity index (χ1n) is 11.1. The molecule has 0 spiro atoms. The molecule has 35 heavy (non-hydrogen) atoms. The van der Waals surface area contributed by atoms with Crippen LogP contribution in [0.5, 0.6) is 0 Å². The van der Waals surface area contributed by atoms with Crippen LogP contribution in [0.2, 0.25) is 0 Å². The van der Waals surface area contributed by atoms with Gasteiger partial charge in [-0.15, -0.1) is 11.3 Å². The molecule has 7 nitrogen and oxygen atoms in total. The number of rotatable bonds is 9. The lowest BCUT2D eigenvalue weighted by molar-refractivity contribution is -0.116. The van der Waals surface area contributed by atoms with Gasteiger partial charge in [-0.1, -0.05) is 72.4 Å². The van der Waals surface area contributed by atoms with Crippen LogP contribution in [0.15, 0.2) is 88.4 Å². The molecule has 0 bridgehead atoms. The Morgan fingerprint density at radius 2 is 1.69 bits per heavy atom. The summed E-state index contributed by atoms with van der Waals surface area (Å²) in [4.78, 5) is 43.5. The molecule has 0 fully saturated rings. The molecule has 0 saturated carbocycles. The fourth-order valence-electron chi connectivity index (χ4n) is 3.62. The summed E-state index contributed by atoms with van der Waals surface area (Å²) >= 11 is 2.73. The number of ketones is 1. The third-order valence-electron chi connectivity index (χ3n) is 5.36. The molecular weight excluding hydrogens is 478 g/mol. The van der Waals surface area contributed by atoms with Crippen LogP contribution in [0, 0.1) is 0 Å². The summed E-state index contributed by atoms with van der Waals surface area (Å²) in [5, 5.41) is 3.21. The number of benzene rings is 2. The Hall–Kier alpha value is -3.69. The molecule has 0 amide bonds. The first-order valence-corrected chi connectivity index (χ1v) is 12.9. The number of thioether (sulfide) groups is 1. The molecule has 0 atom stereocenters. The second kappa shape index (κ2) is 10.7. The monoisotopic (exact) mass is 499 g/mol. The SMILES string of the molecule is O=C(CSc1nc2nccnc2c(=O)n1CCc1ccccc1)Cc1nc(-c2ccccc2)cs1. The number of nitrogens with zero attached hydrogens (tertiary/aromatic N) is 5. The maximum Gasteiger partial charge on any atom is 0.282 e. The van der Waals surface area contributed by atoms with Crippen molar-refractivity contribution in [3.8, 4) is 11.3 Å². The van der Waals surface area contributed by atoms with Crippen molar-refractivity contribution < 1.29 is 4.79 Å². The molecule has 0 saturated heterocycles. The lowest BCUT2D eigenvalue weighted by atomic mass is 10.1. The lowest BCUT2D eigenvalue weighted by Gasteiger charge is -2.12. The van der Waals surface area contributed by atoms with E-state index in [1.54, 1.807) is 4.57 Å². The van der Waals surface area contributed by atoms with Crippen molar-refractivity contribution >= 4 is 40.0 Å². The fraction of sp³-hybridized carbons (Fsp3) is 0.154. The van der Waals surface area contributed by atoms with E-state index < -0.39 is 0 Å². The van der Waals surface area contributed by atoms with Crippen LogP contribution in [0.3, 0.4) is 0 Å². The van der Waals surface area contributed by atoms with Crippen molar-refractivity contribution in [1.29, 1.82) is 0 Å². The van der Waals surface area contributed by atoms with Crippen LogP contribution in [0.4, 0.5) is 0 Å². The predicted molar refractivity (Wildman–Crippen MR) is 139 cm³/mol. The Kier molecular flexibility index (Phi) is 7.06. The average Bonchev–Trinajstić information content (AvgIpc) is 3.36. The van der Waals surface area contributed by atoms with Gasteiger partial charge in [-0.25, -0.2) is 19.9 Å². The van der Waals surface area contributed by atoms with Crippen molar-refractivity contribution in [3.05, 3.63) is 99.4 Å². The zero-order valence-corrected chi connectivity index (χ0v) is 20.3. The summed E-state index contributed by atoms with van der Waals surface area (Å²) in [7, 11) is 0. The molecule has 0 N–H and O–H groups in total. The van der Waals surface area contributed by atoms with E-state index in [2.05, 4.69) is 19.9 Å². The largest absolute Gasteiger partial charge is 0.298 e. The van der Waals surface area contributed by atoms with E-state index in [9.17, 15) is 9.59 Å². The number of thiazole rings is 1. The van der Waals surface area contributed by atoms with Crippen LogP contribution >= 0.6 is 23.1 Å². The van der Waals surface area contributed by atoms with Gasteiger partial charge in [-0.05, 0) is 12.0 Å². The summed E-state index contributed by atoms with van der Waals surface area (Å²) < 4.78 is 1.60. The number of hydrogen-bond donors (Lipinski definition) is 0. The van der Waals surface area contributed by atoms with Crippen molar-refractivity contribution in [2.45, 2.75) is 24.5 Å². The zero-order chi connectivity index (χ0) is 24.0. The topological polar surface area (TPSA) is 90.6 Å². The van der Waals surface area contributed by atoms with Crippen molar-refractivity contribution in [2.75, 3.05) is 5.75 Å². The van der Waals surface area contributed by atoms with E-state index in [1.807, 2.05) is 66.0 Å². The molecule has 0 aliphatic heterocycles. The first kappa shape index (κ1) is 23.1. The van der Waals surface area contributed by atoms with Crippen LogP contribution in [-0.2, 0) is 24.2 Å². The van der Waals surface area contributed by atoms with Crippen LogP contribution in [-0.4, -0.2) is 36.0 Å². The van der Waals surface area contributed by atoms with Gasteiger partial charge in [-0.2, -0.15) is 0 Å². The Balaban J connectivity index is 1.32. The van der Waals surface area contributed by atoms with Crippen molar-refractivity contribution in [3.63, 3.8) is 0 Å². The summed E-state index contributed by atoms with van der Waals surface area (Å²) in [6, 6.07) is 19.8. The first-order chi connectivity index (χ1) is 17.2. The molecule has 3 aromatic heterocycles. The summed E-state index contributed by atoms with van der Waals surface area (Å²) in [6.07, 6.45) is 3.90. The van der Waals surface area contributed by atoms with Gasteiger partial charge in [0.1, 0.15) is 10.8 Å². The highest BCUT2D eigenvalue weighted by molar-refractivity contribution is 7.99. The van der Waals surface area contributed by atoms with Crippen LogP contribution in [0.25, 0.3) is 22.4 Å². The Bertz CT molecular complexity index is 1520. The van der Waals surface area contributed by atoms with E-state index in [0.29, 0.717) is 18.1 Å². The zero-order valence-electron chi connectivity index (χ0n) is 18.7. The van der Waals surface area contributed by atoms with Gasteiger partial charge in [0.15, 0.2) is 16.3 Å². The van der Waals surface area contributed by atoms with Gasteiger partial charge in [-0.3, -0.25) is 14.2 Å². The van der Waals surface area contributed by atoms with Gasteiger partial charge in [0.25, 0.3) is 5.56 Å². The number of carbonyl (C=O) groups excluding carboxylic acids is 1. The van der Waals surface area contributed by atoms with E-state index in [4.69, 9.17) is 0 Å². The van der Waals surface area contributed by atoms with Crippen LogP contribution in [0.1, 0.15) is 10.6 Å². The summed E-state index contributed by atoms with van der Waals surface area (Å²) in [5.74, 6) is 0.205. The Labute approximate surface area is 210 Å². The molecule has 5 rings (SSSR count). The van der Waals surface area contributed by atoms with Gasteiger partial charge in [0.05, 0.1) is 17.9 Å². The molecule has 9 heteroatoms. The average molecular weight is 500 g/mol. The molecule has 3 heterocycles. The number of fused-ring (bicyclic) bond motifs is 1. The maximum absolute atomic E-state index is 13.2. The lowest BCUT2D eigenvalue weighted by Crippen LogP contribution is -2.25. The van der Waals surface area contributed by atoms with E-state index in [1.165, 1.54) is 35.5 Å². The Morgan fingerprint density at radius 3 is 2.49 bits per heavy atom. The summed E-state index contributed by atoms with van der Waals surface area (Å²) in [5.41, 5.74) is 3.28. The van der Waals surface area contributed by atoms with Crippen molar-refractivity contribution in [2.24, 2.45) is 0 Å². The number of Topliss-reactive ketones (excluding diaryl/α,β-unsaturated/α-hetero) is 1. The van der Waals surface area contributed by atoms with Crippen molar-refractivity contribution in [1.82, 2.24) is 24.5 Å². The summed E-state index contributed by atoms with van der Waals surface area (Å²) in [6.45, 7) is 0.436. The van der Waals surface area contributed by atoms with E-state index >= 15 is 0 Å². The number of carbonyl (C=O) groups is 1. The molecule has 0 aliphatic carbocycles. The molecule has 2 aromatic carbocycles. The van der Waals surface area contributed by atoms with E-state index in [0.717, 1.165) is 21.8 Å².